The first-order valence-corrected chi connectivity index (χ1v) is 13.4. The zero-order valence-electron chi connectivity index (χ0n) is 18.9. The predicted molar refractivity (Wildman–Crippen MR) is 123 cm³/mol. The van der Waals surface area contributed by atoms with Gasteiger partial charge >= 0.3 is 0 Å². The van der Waals surface area contributed by atoms with Crippen LogP contribution in [0.1, 0.15) is 28.2 Å². The van der Waals surface area contributed by atoms with E-state index in [1.54, 1.807) is 18.7 Å². The number of piperazine rings is 1. The van der Waals surface area contributed by atoms with Crippen molar-refractivity contribution in [2.24, 2.45) is 0 Å². The van der Waals surface area contributed by atoms with Gasteiger partial charge in [-0.2, -0.15) is 15.6 Å². The molecule has 10 nitrogen and oxygen atoms in total. The van der Waals surface area contributed by atoms with E-state index in [4.69, 9.17) is 4.52 Å². The Kier molecular flexibility index (Phi) is 7.17. The quantitative estimate of drug-likeness (QED) is 0.610. The van der Waals surface area contributed by atoms with Crippen LogP contribution in [0.2, 0.25) is 0 Å². The second kappa shape index (κ2) is 9.92. The molecule has 2 aliphatic heterocycles. The minimum atomic E-state index is -3.70. The van der Waals surface area contributed by atoms with E-state index in [0.29, 0.717) is 44.0 Å². The summed E-state index contributed by atoms with van der Waals surface area (Å²) in [6.07, 6.45) is 0.812. The van der Waals surface area contributed by atoms with E-state index in [1.807, 2.05) is 21.7 Å². The molecule has 0 unspecified atom stereocenters. The summed E-state index contributed by atoms with van der Waals surface area (Å²) in [5.41, 5.74) is 1.06. The lowest BCUT2D eigenvalue weighted by Gasteiger charge is -2.35. The molecule has 2 aliphatic rings. The van der Waals surface area contributed by atoms with Crippen molar-refractivity contribution in [3.63, 3.8) is 0 Å². The van der Waals surface area contributed by atoms with Crippen molar-refractivity contribution in [3.05, 3.63) is 33.8 Å². The Bertz CT molecular complexity index is 1070. The Hall–Kier alpha value is -2.28. The van der Waals surface area contributed by atoms with Crippen LogP contribution in [0.5, 0.6) is 0 Å². The largest absolute Gasteiger partial charge is 0.360 e. The zero-order chi connectivity index (χ0) is 23.6. The summed E-state index contributed by atoms with van der Waals surface area (Å²) >= 11 is 1.51. The van der Waals surface area contributed by atoms with Gasteiger partial charge in [0.25, 0.3) is 5.91 Å². The molecule has 2 saturated heterocycles. The van der Waals surface area contributed by atoms with E-state index in [0.717, 1.165) is 13.0 Å². The Balaban J connectivity index is 1.28. The van der Waals surface area contributed by atoms with Gasteiger partial charge in [0.2, 0.25) is 15.9 Å². The lowest BCUT2D eigenvalue weighted by molar-refractivity contribution is -0.133. The van der Waals surface area contributed by atoms with Crippen LogP contribution in [0.3, 0.4) is 0 Å². The molecule has 0 aromatic carbocycles. The summed E-state index contributed by atoms with van der Waals surface area (Å²) in [5, 5.41) is 7.51. The van der Waals surface area contributed by atoms with E-state index in [9.17, 15) is 18.0 Å². The van der Waals surface area contributed by atoms with Crippen molar-refractivity contribution < 1.29 is 22.5 Å². The molecule has 2 aromatic rings. The molecule has 0 aliphatic carbocycles. The number of carbonyl (C=O) groups excluding carboxylic acids is 2. The molecular weight excluding hydrogens is 466 g/mol. The number of amides is 2. The highest BCUT2D eigenvalue weighted by molar-refractivity contribution is 7.89. The number of aromatic nitrogens is 1. The van der Waals surface area contributed by atoms with Crippen molar-refractivity contribution in [2.45, 2.75) is 25.2 Å². The molecule has 2 amide bonds. The normalized spacial score (nSPS) is 19.0. The number of hydrogen-bond acceptors (Lipinski definition) is 8. The summed E-state index contributed by atoms with van der Waals surface area (Å²) in [6, 6.07) is 1.84. The van der Waals surface area contributed by atoms with Gasteiger partial charge in [-0.15, -0.1) is 0 Å². The first kappa shape index (κ1) is 23.9. The monoisotopic (exact) mass is 495 g/mol. The molecule has 0 bridgehead atoms. The van der Waals surface area contributed by atoms with Gasteiger partial charge in [-0.3, -0.25) is 14.5 Å². The molecule has 4 heterocycles. The summed E-state index contributed by atoms with van der Waals surface area (Å²) in [6.45, 7) is 7.29. The third-order valence-corrected chi connectivity index (χ3v) is 8.99. The van der Waals surface area contributed by atoms with Gasteiger partial charge in [-0.05, 0) is 31.7 Å². The molecule has 4 rings (SSSR count). The lowest BCUT2D eigenvalue weighted by atomic mass is 10.3. The Morgan fingerprint density at radius 3 is 2.39 bits per heavy atom. The minimum Gasteiger partial charge on any atom is -0.360 e. The second-order valence-electron chi connectivity index (χ2n) is 8.37. The first-order chi connectivity index (χ1) is 15.8. The molecule has 2 fully saturated rings. The van der Waals surface area contributed by atoms with E-state index < -0.39 is 10.0 Å². The van der Waals surface area contributed by atoms with E-state index in [-0.39, 0.29) is 42.1 Å². The molecule has 0 saturated carbocycles. The predicted octanol–water partition coefficient (Wildman–Crippen LogP) is 1.03. The summed E-state index contributed by atoms with van der Waals surface area (Å²) in [5.74, 6) is 0.306. The van der Waals surface area contributed by atoms with Gasteiger partial charge in [-0.1, -0.05) is 5.16 Å². The average Bonchev–Trinajstić information content (AvgIpc) is 3.39. The molecule has 180 valence electrons. The number of thiophene rings is 1. The van der Waals surface area contributed by atoms with Crippen LogP contribution < -0.4 is 0 Å². The third-order valence-electron chi connectivity index (χ3n) is 6.16. The molecule has 12 heteroatoms. The Morgan fingerprint density at radius 1 is 1.03 bits per heavy atom. The van der Waals surface area contributed by atoms with E-state index >= 15 is 0 Å². The first-order valence-electron chi connectivity index (χ1n) is 11.0. The maximum atomic E-state index is 13.0. The Morgan fingerprint density at radius 2 is 1.76 bits per heavy atom. The summed E-state index contributed by atoms with van der Waals surface area (Å²) < 4.78 is 32.4. The van der Waals surface area contributed by atoms with Crippen molar-refractivity contribution >= 4 is 33.2 Å². The van der Waals surface area contributed by atoms with Crippen LogP contribution >= 0.6 is 11.3 Å². The van der Waals surface area contributed by atoms with Crippen LogP contribution in [0.25, 0.3) is 0 Å². The van der Waals surface area contributed by atoms with Gasteiger partial charge < -0.3 is 14.3 Å². The van der Waals surface area contributed by atoms with Gasteiger partial charge in [-0.25, -0.2) is 8.42 Å². The third kappa shape index (κ3) is 5.13. The maximum Gasteiger partial charge on any atom is 0.254 e. The molecule has 0 atom stereocenters. The minimum absolute atomic E-state index is 0.0120. The standard InChI is InChI=1S/C21H29N5O5S2/c1-16-20(17(2)31-22-16)33(29,30)26-11-9-24(10-12-26)19(27)14-23-5-3-6-25(8-7-23)21(28)18-4-13-32-15-18/h4,13,15H,3,5-12,14H2,1-2H3. The fourth-order valence-electron chi connectivity index (χ4n) is 4.34. The SMILES string of the molecule is Cc1noc(C)c1S(=O)(=O)N1CCN(C(=O)CN2CCCN(C(=O)c3ccsc3)CC2)CC1. The van der Waals surface area contributed by atoms with Crippen LogP contribution in [0.15, 0.2) is 26.2 Å². The van der Waals surface area contributed by atoms with Gasteiger partial charge in [0.05, 0.1) is 12.1 Å². The molecule has 2 aromatic heterocycles. The van der Waals surface area contributed by atoms with Crippen molar-refractivity contribution in [1.29, 1.82) is 0 Å². The molecule has 0 radical (unpaired) electrons. The highest BCUT2D eigenvalue weighted by atomic mass is 32.2. The van der Waals surface area contributed by atoms with Crippen molar-refractivity contribution in [2.75, 3.05) is 58.9 Å². The number of rotatable bonds is 5. The highest BCUT2D eigenvalue weighted by Gasteiger charge is 2.34. The number of aryl methyl sites for hydroxylation is 2. The van der Waals surface area contributed by atoms with Crippen LogP contribution in [-0.4, -0.2) is 103 Å². The Labute approximate surface area is 197 Å². The van der Waals surface area contributed by atoms with Crippen molar-refractivity contribution in [1.82, 2.24) is 24.2 Å². The van der Waals surface area contributed by atoms with Gasteiger partial charge in [0.1, 0.15) is 10.6 Å². The fraction of sp³-hybridized carbons (Fsp3) is 0.571. The summed E-state index contributed by atoms with van der Waals surface area (Å²) in [4.78, 5) is 31.3. The fourth-order valence-corrected chi connectivity index (χ4v) is 6.69. The van der Waals surface area contributed by atoms with Crippen molar-refractivity contribution in [3.8, 4) is 0 Å². The van der Waals surface area contributed by atoms with E-state index in [2.05, 4.69) is 10.1 Å². The highest BCUT2D eigenvalue weighted by Crippen LogP contribution is 2.24. The maximum absolute atomic E-state index is 13.0. The van der Waals surface area contributed by atoms with E-state index in [1.165, 1.54) is 15.6 Å². The topological polar surface area (TPSA) is 107 Å². The average molecular weight is 496 g/mol. The molecule has 0 spiro atoms. The number of carbonyl (C=O) groups is 2. The smallest absolute Gasteiger partial charge is 0.254 e. The summed E-state index contributed by atoms with van der Waals surface area (Å²) in [7, 11) is -3.70. The molecule has 0 N–H and O–H groups in total. The van der Waals surface area contributed by atoms with Crippen LogP contribution in [0, 0.1) is 13.8 Å². The molecular formula is C21H29N5O5S2. The van der Waals surface area contributed by atoms with Gasteiger partial charge in [0, 0.05) is 57.7 Å². The lowest BCUT2D eigenvalue weighted by Crippen LogP contribution is -2.52. The van der Waals surface area contributed by atoms with Crippen LogP contribution in [-0.2, 0) is 14.8 Å². The molecule has 33 heavy (non-hydrogen) atoms. The number of sulfonamides is 1. The number of nitrogens with zero attached hydrogens (tertiary/aromatic N) is 5. The second-order valence-corrected chi connectivity index (χ2v) is 11.0. The number of hydrogen-bond donors (Lipinski definition) is 0. The van der Waals surface area contributed by atoms with Crippen LogP contribution in [0.4, 0.5) is 0 Å². The van der Waals surface area contributed by atoms with Gasteiger partial charge in [0.15, 0.2) is 5.76 Å². The zero-order valence-corrected chi connectivity index (χ0v) is 20.5.